The maximum atomic E-state index is 13.7. The van der Waals surface area contributed by atoms with Gasteiger partial charge in [-0.1, -0.05) is 61.4 Å². The van der Waals surface area contributed by atoms with Crippen molar-refractivity contribution in [1.29, 1.82) is 0 Å². The number of halogens is 2. The van der Waals surface area contributed by atoms with Crippen molar-refractivity contribution < 1.29 is 13.7 Å². The van der Waals surface area contributed by atoms with Gasteiger partial charge < -0.3 is 4.52 Å². The van der Waals surface area contributed by atoms with Gasteiger partial charge in [0.25, 0.3) is 5.56 Å². The smallest absolute Gasteiger partial charge is 0.266 e. The van der Waals surface area contributed by atoms with E-state index in [-0.39, 0.29) is 38.7 Å². The molecule has 0 saturated heterocycles. The Bertz CT molecular complexity index is 1410. The third-order valence-electron chi connectivity index (χ3n) is 4.78. The van der Waals surface area contributed by atoms with Crippen molar-refractivity contribution in [3.63, 3.8) is 0 Å². The van der Waals surface area contributed by atoms with E-state index in [1.807, 2.05) is 20.8 Å². The first-order valence-corrected chi connectivity index (χ1v) is 11.4. The van der Waals surface area contributed by atoms with Crippen LogP contribution in [-0.2, 0) is 10.2 Å². The van der Waals surface area contributed by atoms with E-state index in [4.69, 9.17) is 16.1 Å². The topological polar surface area (TPSA) is 90.0 Å². The van der Waals surface area contributed by atoms with Crippen molar-refractivity contribution in [1.82, 2.24) is 14.7 Å². The van der Waals surface area contributed by atoms with Crippen molar-refractivity contribution >= 4 is 46.1 Å². The average molecular weight is 487 g/mol. The van der Waals surface area contributed by atoms with E-state index in [9.17, 15) is 14.0 Å². The lowest BCUT2D eigenvalue weighted by Crippen LogP contribution is -2.23. The summed E-state index contributed by atoms with van der Waals surface area (Å²) in [6, 6.07) is 12.5. The number of amides is 1. The van der Waals surface area contributed by atoms with Gasteiger partial charge in [-0.15, -0.1) is 0 Å². The maximum absolute atomic E-state index is 13.7. The molecule has 2 aromatic heterocycles. The van der Waals surface area contributed by atoms with E-state index in [1.165, 1.54) is 22.8 Å². The van der Waals surface area contributed by atoms with Gasteiger partial charge in [-0.25, -0.2) is 9.37 Å². The number of thioether (sulfide) groups is 1. The van der Waals surface area contributed by atoms with E-state index in [2.05, 4.69) is 15.5 Å². The Morgan fingerprint density at radius 3 is 2.67 bits per heavy atom. The molecule has 0 unspecified atom stereocenters. The van der Waals surface area contributed by atoms with Gasteiger partial charge in [-0.2, -0.15) is 0 Å². The molecule has 4 rings (SSSR count). The van der Waals surface area contributed by atoms with Crippen LogP contribution in [0.25, 0.3) is 16.6 Å². The zero-order chi connectivity index (χ0) is 23.8. The Balaban J connectivity index is 1.64. The minimum atomic E-state index is -0.600. The average Bonchev–Trinajstić information content (AvgIpc) is 3.23. The lowest BCUT2D eigenvalue weighted by Gasteiger charge is -2.13. The van der Waals surface area contributed by atoms with Gasteiger partial charge in [0.05, 0.1) is 33.1 Å². The molecule has 2 heterocycles. The largest absolute Gasteiger partial charge is 0.338 e. The number of rotatable bonds is 5. The minimum Gasteiger partial charge on any atom is -0.338 e. The number of hydrogen-bond donors (Lipinski definition) is 1. The summed E-state index contributed by atoms with van der Waals surface area (Å²) in [6.45, 7) is 5.95. The number of nitrogens with one attached hydrogen (secondary N) is 1. The normalized spacial score (nSPS) is 11.7. The highest BCUT2D eigenvalue weighted by molar-refractivity contribution is 7.99. The fraction of sp³-hybridized carbons (Fsp3) is 0.217. The number of fused-ring (bicyclic) bond motifs is 1. The molecule has 170 valence electrons. The molecule has 4 aromatic rings. The summed E-state index contributed by atoms with van der Waals surface area (Å²) in [7, 11) is 0. The second-order valence-electron chi connectivity index (χ2n) is 8.31. The lowest BCUT2D eigenvalue weighted by molar-refractivity contribution is -0.113. The number of para-hydroxylation sites is 1. The molecule has 2 aromatic carbocycles. The molecular formula is C23H20ClFN4O3S. The highest BCUT2D eigenvalue weighted by Crippen LogP contribution is 2.26. The summed E-state index contributed by atoms with van der Waals surface area (Å²) in [5.74, 6) is -0.773. The first-order chi connectivity index (χ1) is 15.6. The molecule has 33 heavy (non-hydrogen) atoms. The number of carbonyl (C=O) groups is 1. The summed E-state index contributed by atoms with van der Waals surface area (Å²) in [5, 5.41) is 7.17. The summed E-state index contributed by atoms with van der Waals surface area (Å²) < 4.78 is 20.2. The first kappa shape index (κ1) is 23.0. The van der Waals surface area contributed by atoms with Gasteiger partial charge in [-0.05, 0) is 30.3 Å². The molecule has 0 aliphatic heterocycles. The lowest BCUT2D eigenvalue weighted by atomic mass is 9.92. The number of nitrogens with zero attached hydrogens (tertiary/aromatic N) is 3. The molecule has 0 aliphatic rings. The molecular weight excluding hydrogens is 467 g/mol. The number of benzene rings is 2. The van der Waals surface area contributed by atoms with E-state index >= 15 is 0 Å². The quantitative estimate of drug-likeness (QED) is 0.308. The first-order valence-electron chi connectivity index (χ1n) is 10.0. The molecule has 0 spiro atoms. The van der Waals surface area contributed by atoms with Gasteiger partial charge in [0.1, 0.15) is 5.82 Å². The summed E-state index contributed by atoms with van der Waals surface area (Å²) in [6.07, 6.45) is 0. The zero-order valence-corrected chi connectivity index (χ0v) is 19.6. The van der Waals surface area contributed by atoms with Gasteiger partial charge in [-0.3, -0.25) is 19.5 Å². The van der Waals surface area contributed by atoms with Crippen LogP contribution >= 0.6 is 23.4 Å². The number of hydrogen-bond acceptors (Lipinski definition) is 6. The Hall–Kier alpha value is -3.17. The highest BCUT2D eigenvalue weighted by atomic mass is 35.5. The second kappa shape index (κ2) is 8.99. The molecule has 10 heteroatoms. The summed E-state index contributed by atoms with van der Waals surface area (Å²) >= 11 is 7.00. The molecule has 0 atom stereocenters. The van der Waals surface area contributed by atoms with Gasteiger partial charge in [0, 0.05) is 11.5 Å². The SMILES string of the molecule is CC(C)(C)c1cc(NC(=O)CSc2nc3ccccc3c(=O)n2-c2ccc(F)c(Cl)c2)on1. The third-order valence-corrected chi connectivity index (χ3v) is 6.01. The Kier molecular flexibility index (Phi) is 6.27. The van der Waals surface area contributed by atoms with Gasteiger partial charge >= 0.3 is 0 Å². The predicted octanol–water partition coefficient (Wildman–Crippen LogP) is 5.19. The monoisotopic (exact) mass is 486 g/mol. The third kappa shape index (κ3) is 4.94. The number of aromatic nitrogens is 3. The summed E-state index contributed by atoms with van der Waals surface area (Å²) in [5.41, 5.74) is 0.973. The van der Waals surface area contributed by atoms with Crippen molar-refractivity contribution in [2.75, 3.05) is 11.1 Å². The van der Waals surface area contributed by atoms with Crippen LogP contribution in [0.4, 0.5) is 10.3 Å². The zero-order valence-electron chi connectivity index (χ0n) is 18.1. The van der Waals surface area contributed by atoms with Crippen molar-refractivity contribution in [3.05, 3.63) is 75.4 Å². The molecule has 1 amide bonds. The minimum absolute atomic E-state index is 0.0503. The summed E-state index contributed by atoms with van der Waals surface area (Å²) in [4.78, 5) is 30.3. The van der Waals surface area contributed by atoms with Crippen LogP contribution < -0.4 is 10.9 Å². The second-order valence-corrected chi connectivity index (χ2v) is 9.66. The van der Waals surface area contributed by atoms with E-state index in [0.29, 0.717) is 22.3 Å². The van der Waals surface area contributed by atoms with Crippen molar-refractivity contribution in [2.24, 2.45) is 0 Å². The Labute approximate surface area is 197 Å². The van der Waals surface area contributed by atoms with Crippen LogP contribution in [0.2, 0.25) is 5.02 Å². The van der Waals surface area contributed by atoms with Gasteiger partial charge in [0.2, 0.25) is 11.8 Å². The molecule has 0 fully saturated rings. The fourth-order valence-corrected chi connectivity index (χ4v) is 4.04. The van der Waals surface area contributed by atoms with Crippen LogP contribution in [0.15, 0.2) is 63.0 Å². The molecule has 0 radical (unpaired) electrons. The maximum Gasteiger partial charge on any atom is 0.266 e. The van der Waals surface area contributed by atoms with Gasteiger partial charge in [0.15, 0.2) is 5.16 Å². The standard InChI is InChI=1S/C23H20ClFN4O3S/c1-23(2,3)18-11-20(32-28-18)27-19(30)12-33-22-26-17-7-5-4-6-14(17)21(31)29(22)13-8-9-16(25)15(24)10-13/h4-11H,12H2,1-3H3,(H,27,30). The molecule has 0 bridgehead atoms. The van der Waals surface area contributed by atoms with Crippen LogP contribution in [0.1, 0.15) is 26.5 Å². The van der Waals surface area contributed by atoms with E-state index < -0.39 is 5.82 Å². The van der Waals surface area contributed by atoms with Crippen molar-refractivity contribution in [2.45, 2.75) is 31.3 Å². The van der Waals surface area contributed by atoms with E-state index in [0.717, 1.165) is 11.8 Å². The fourth-order valence-electron chi connectivity index (χ4n) is 3.05. The van der Waals surface area contributed by atoms with Crippen LogP contribution in [0, 0.1) is 5.82 Å². The molecule has 0 saturated carbocycles. The van der Waals surface area contributed by atoms with Crippen LogP contribution in [-0.4, -0.2) is 26.4 Å². The number of anilines is 1. The van der Waals surface area contributed by atoms with E-state index in [1.54, 1.807) is 30.3 Å². The Morgan fingerprint density at radius 1 is 1.21 bits per heavy atom. The highest BCUT2D eigenvalue weighted by Gasteiger charge is 2.20. The van der Waals surface area contributed by atoms with Crippen LogP contribution in [0.3, 0.4) is 0 Å². The number of carbonyl (C=O) groups excluding carboxylic acids is 1. The van der Waals surface area contributed by atoms with Crippen LogP contribution in [0.5, 0.6) is 0 Å². The molecule has 0 aliphatic carbocycles. The molecule has 7 nitrogen and oxygen atoms in total. The Morgan fingerprint density at radius 2 is 1.97 bits per heavy atom. The van der Waals surface area contributed by atoms with Crippen molar-refractivity contribution in [3.8, 4) is 5.69 Å². The molecule has 1 N–H and O–H groups in total. The predicted molar refractivity (Wildman–Crippen MR) is 127 cm³/mol.